The molecule has 2 heterocycles. The maximum atomic E-state index is 14.1. The van der Waals surface area contributed by atoms with Crippen LogP contribution >= 0.6 is 27.3 Å². The molecule has 1 aromatic heterocycles. The van der Waals surface area contributed by atoms with Crippen LogP contribution in [0.4, 0.5) is 0 Å². The maximum absolute atomic E-state index is 14.1. The second-order valence-corrected chi connectivity index (χ2v) is 11.9. The summed E-state index contributed by atoms with van der Waals surface area (Å²) in [6.07, 6.45) is 3.75. The van der Waals surface area contributed by atoms with Gasteiger partial charge in [0.25, 0.3) is 5.56 Å². The van der Waals surface area contributed by atoms with Crippen molar-refractivity contribution in [3.8, 4) is 5.75 Å². The van der Waals surface area contributed by atoms with Crippen LogP contribution in [0.25, 0.3) is 11.8 Å². The molecule has 40 heavy (non-hydrogen) atoms. The molecule has 0 unspecified atom stereocenters. The summed E-state index contributed by atoms with van der Waals surface area (Å²) < 4.78 is 9.73. The summed E-state index contributed by atoms with van der Waals surface area (Å²) in [5.41, 5.74) is 7.71. The lowest BCUT2D eigenvalue weighted by atomic mass is 9.83. The van der Waals surface area contributed by atoms with Gasteiger partial charge in [-0.05, 0) is 59.4 Å². The van der Waals surface area contributed by atoms with Gasteiger partial charge in [-0.15, -0.1) is 0 Å². The van der Waals surface area contributed by atoms with Crippen molar-refractivity contribution in [2.45, 2.75) is 25.5 Å². The third kappa shape index (κ3) is 4.57. The Morgan fingerprint density at radius 2 is 1.65 bits per heavy atom. The number of aromatic nitrogens is 1. The minimum absolute atomic E-state index is 0.0278. The first-order valence-electron chi connectivity index (χ1n) is 13.3. The van der Waals surface area contributed by atoms with Crippen molar-refractivity contribution in [2.75, 3.05) is 0 Å². The van der Waals surface area contributed by atoms with Crippen molar-refractivity contribution in [1.82, 2.24) is 4.57 Å². The van der Waals surface area contributed by atoms with Crippen LogP contribution in [0, 0.1) is 0 Å². The zero-order valence-electron chi connectivity index (χ0n) is 21.6. The third-order valence-corrected chi connectivity index (χ3v) is 9.01. The lowest BCUT2D eigenvalue weighted by Crippen LogP contribution is -2.38. The highest BCUT2D eigenvalue weighted by Gasteiger charge is 2.32. The van der Waals surface area contributed by atoms with Crippen LogP contribution in [0.2, 0.25) is 0 Å². The fourth-order valence-electron chi connectivity index (χ4n) is 5.58. The number of hydrogen-bond donors (Lipinski definition) is 0. The standard InChI is InChI=1S/C34H25BrN2O2S/c35-26-17-14-24(15-18-26)32-28-19-16-23-10-4-6-12-27(23)31(28)36-34-37(32)33(38)30(40-34)20-25-11-5-7-13-29(25)39-21-22-8-2-1-3-9-22/h1-15,17-18,20,32H,16,19,21H2/b30-20-/t32-/m1/s1. The van der Waals surface area contributed by atoms with E-state index in [1.165, 1.54) is 28.0 Å². The summed E-state index contributed by atoms with van der Waals surface area (Å²) in [6.45, 7) is 0.461. The highest BCUT2D eigenvalue weighted by molar-refractivity contribution is 9.10. The van der Waals surface area contributed by atoms with Crippen molar-refractivity contribution in [3.63, 3.8) is 0 Å². The summed E-state index contributed by atoms with van der Waals surface area (Å²) in [6, 6.07) is 34.6. The van der Waals surface area contributed by atoms with Gasteiger partial charge in [0.1, 0.15) is 12.4 Å². The molecule has 0 saturated heterocycles. The van der Waals surface area contributed by atoms with Crippen molar-refractivity contribution < 1.29 is 4.74 Å². The number of allylic oxidation sites excluding steroid dienone is 1. The van der Waals surface area contributed by atoms with Gasteiger partial charge in [-0.3, -0.25) is 9.36 Å². The van der Waals surface area contributed by atoms with Gasteiger partial charge >= 0.3 is 0 Å². The Bertz CT molecular complexity index is 1940. The van der Waals surface area contributed by atoms with Gasteiger partial charge in [-0.25, -0.2) is 4.99 Å². The zero-order valence-corrected chi connectivity index (χ0v) is 24.0. The van der Waals surface area contributed by atoms with Crippen molar-refractivity contribution in [1.29, 1.82) is 0 Å². The first-order chi connectivity index (χ1) is 19.7. The zero-order chi connectivity index (χ0) is 27.1. The molecule has 7 rings (SSSR count). The quantitative estimate of drug-likeness (QED) is 0.225. The molecule has 6 heteroatoms. The Labute approximate surface area is 244 Å². The van der Waals surface area contributed by atoms with E-state index < -0.39 is 0 Å². The Balaban J connectivity index is 1.37. The Morgan fingerprint density at radius 1 is 0.900 bits per heavy atom. The fraction of sp³-hybridized carbons (Fsp3) is 0.118. The van der Waals surface area contributed by atoms with Crippen LogP contribution in [-0.4, -0.2) is 4.57 Å². The normalized spacial score (nSPS) is 16.1. The predicted octanol–water partition coefficient (Wildman–Crippen LogP) is 6.66. The van der Waals surface area contributed by atoms with E-state index in [1.54, 1.807) is 0 Å². The Morgan fingerprint density at radius 3 is 2.50 bits per heavy atom. The number of aryl methyl sites for hydroxylation is 1. The van der Waals surface area contributed by atoms with E-state index in [-0.39, 0.29) is 11.6 Å². The first kappa shape index (κ1) is 25.0. The van der Waals surface area contributed by atoms with E-state index >= 15 is 0 Å². The molecule has 1 aliphatic heterocycles. The molecular weight excluding hydrogens is 580 g/mol. The second-order valence-electron chi connectivity index (χ2n) is 9.98. The Kier molecular flexibility index (Phi) is 6.58. The van der Waals surface area contributed by atoms with Crippen molar-refractivity contribution in [2.24, 2.45) is 4.99 Å². The number of para-hydroxylation sites is 1. The summed E-state index contributed by atoms with van der Waals surface area (Å²) >= 11 is 5.01. The molecule has 0 saturated carbocycles. The van der Waals surface area contributed by atoms with Crippen LogP contribution in [0.1, 0.15) is 40.3 Å². The summed E-state index contributed by atoms with van der Waals surface area (Å²) in [5.74, 6) is 0.745. The molecular formula is C34H25BrN2O2S. The van der Waals surface area contributed by atoms with Crippen LogP contribution in [0.5, 0.6) is 5.75 Å². The van der Waals surface area contributed by atoms with E-state index in [4.69, 9.17) is 9.73 Å². The Hall–Kier alpha value is -4.00. The van der Waals surface area contributed by atoms with E-state index in [1.807, 2.05) is 77.4 Å². The number of benzene rings is 4. The maximum Gasteiger partial charge on any atom is 0.271 e. The summed E-state index contributed by atoms with van der Waals surface area (Å²) in [7, 11) is 0. The molecule has 0 radical (unpaired) electrons. The molecule has 5 aromatic rings. The molecule has 0 fully saturated rings. The van der Waals surface area contributed by atoms with E-state index in [9.17, 15) is 4.79 Å². The van der Waals surface area contributed by atoms with Gasteiger partial charge in [-0.1, -0.05) is 112 Å². The molecule has 0 spiro atoms. The van der Waals surface area contributed by atoms with Gasteiger partial charge in [0.15, 0.2) is 4.80 Å². The van der Waals surface area contributed by atoms with Crippen LogP contribution in [-0.2, 0) is 13.0 Å². The number of hydrogen-bond acceptors (Lipinski definition) is 4. The van der Waals surface area contributed by atoms with Crippen molar-refractivity contribution in [3.05, 3.63) is 161 Å². The average molecular weight is 606 g/mol. The monoisotopic (exact) mass is 604 g/mol. The molecule has 4 aromatic carbocycles. The number of nitrogens with zero attached hydrogens (tertiary/aromatic N) is 2. The minimum atomic E-state index is -0.195. The lowest BCUT2D eigenvalue weighted by molar-refractivity contribution is 0.305. The van der Waals surface area contributed by atoms with Crippen LogP contribution < -0.4 is 19.6 Å². The summed E-state index contributed by atoms with van der Waals surface area (Å²) in [5, 5.41) is 0. The number of halogens is 1. The van der Waals surface area contributed by atoms with Crippen LogP contribution in [0.15, 0.2) is 123 Å². The molecule has 4 nitrogen and oxygen atoms in total. The largest absolute Gasteiger partial charge is 0.488 e. The van der Waals surface area contributed by atoms with E-state index in [0.29, 0.717) is 11.1 Å². The topological polar surface area (TPSA) is 43.6 Å². The minimum Gasteiger partial charge on any atom is -0.488 e. The smallest absolute Gasteiger partial charge is 0.271 e. The van der Waals surface area contributed by atoms with Crippen molar-refractivity contribution >= 4 is 39.0 Å². The van der Waals surface area contributed by atoms with Gasteiger partial charge < -0.3 is 4.74 Å². The molecule has 1 atom stereocenters. The summed E-state index contributed by atoms with van der Waals surface area (Å²) in [4.78, 5) is 19.9. The van der Waals surface area contributed by atoms with Gasteiger partial charge in [0.05, 0.1) is 16.3 Å². The number of thiazole rings is 1. The van der Waals surface area contributed by atoms with Gasteiger partial charge in [-0.2, -0.15) is 0 Å². The lowest BCUT2D eigenvalue weighted by Gasteiger charge is -2.30. The predicted molar refractivity (Wildman–Crippen MR) is 164 cm³/mol. The molecule has 1 aliphatic carbocycles. The average Bonchev–Trinajstić information content (AvgIpc) is 3.30. The molecule has 2 aliphatic rings. The van der Waals surface area contributed by atoms with Gasteiger partial charge in [0.2, 0.25) is 0 Å². The van der Waals surface area contributed by atoms with Gasteiger partial charge in [0, 0.05) is 15.6 Å². The first-order valence-corrected chi connectivity index (χ1v) is 14.9. The molecule has 196 valence electrons. The molecule has 0 bridgehead atoms. The van der Waals surface area contributed by atoms with Crippen LogP contribution in [0.3, 0.4) is 0 Å². The fourth-order valence-corrected chi connectivity index (χ4v) is 6.83. The number of fused-ring (bicyclic) bond motifs is 3. The molecule has 0 N–H and O–H groups in total. The molecule has 0 amide bonds. The SMILES string of the molecule is O=c1/c(=C/c2ccccc2OCc2ccccc2)sc2n1[C@H](c1ccc(Br)cc1)C1=C(N=2)c2ccccc2CC1. The highest BCUT2D eigenvalue weighted by atomic mass is 79.9. The second kappa shape index (κ2) is 10.5. The van der Waals surface area contributed by atoms with E-state index in [2.05, 4.69) is 52.3 Å². The number of rotatable bonds is 5. The van der Waals surface area contributed by atoms with E-state index in [0.717, 1.165) is 50.3 Å². The highest BCUT2D eigenvalue weighted by Crippen LogP contribution is 2.41. The third-order valence-electron chi connectivity index (χ3n) is 7.50. The number of ether oxygens (including phenoxy) is 1.